The lowest BCUT2D eigenvalue weighted by Crippen LogP contribution is -2.19. The number of aromatic nitrogens is 4. The van der Waals surface area contributed by atoms with Crippen molar-refractivity contribution in [2.75, 3.05) is 18.2 Å². The van der Waals surface area contributed by atoms with E-state index >= 15 is 0 Å². The molecule has 142 valence electrons. The van der Waals surface area contributed by atoms with Crippen molar-refractivity contribution in [1.82, 2.24) is 20.2 Å². The highest BCUT2D eigenvalue weighted by Gasteiger charge is 2.42. The van der Waals surface area contributed by atoms with Gasteiger partial charge in [0.1, 0.15) is 0 Å². The number of hydrogen-bond donors (Lipinski definition) is 1. The Morgan fingerprint density at radius 2 is 2.07 bits per heavy atom. The first-order valence-electron chi connectivity index (χ1n) is 9.03. The van der Waals surface area contributed by atoms with E-state index in [4.69, 9.17) is 0 Å². The highest BCUT2D eigenvalue weighted by atomic mass is 32.2. The van der Waals surface area contributed by atoms with Crippen molar-refractivity contribution in [3.63, 3.8) is 0 Å². The minimum atomic E-state index is -0.407. The molecule has 2 aliphatic carbocycles. The van der Waals surface area contributed by atoms with E-state index in [1.807, 2.05) is 4.68 Å². The first-order valence-corrected chi connectivity index (χ1v) is 10.0. The lowest BCUT2D eigenvalue weighted by molar-refractivity contribution is -0.113. The molecule has 2 fully saturated rings. The first-order chi connectivity index (χ1) is 13.1. The van der Waals surface area contributed by atoms with Crippen LogP contribution >= 0.6 is 11.8 Å². The minimum Gasteiger partial charge on any atom is -0.465 e. The number of ether oxygens (including phenoxy) is 1. The van der Waals surface area contributed by atoms with E-state index in [1.165, 1.54) is 38.1 Å². The van der Waals surface area contributed by atoms with E-state index in [9.17, 15) is 9.59 Å². The molecule has 2 aromatic rings. The summed E-state index contributed by atoms with van der Waals surface area (Å²) in [7, 11) is 1.33. The van der Waals surface area contributed by atoms with Gasteiger partial charge in [0.25, 0.3) is 0 Å². The summed E-state index contributed by atoms with van der Waals surface area (Å²) in [5.41, 5.74) is 1.07. The van der Waals surface area contributed by atoms with Crippen LogP contribution in [0.4, 0.5) is 5.69 Å². The number of rotatable bonds is 6. The first kappa shape index (κ1) is 18.0. The molecule has 0 aliphatic heterocycles. The molecular formula is C18H21N5O3S. The van der Waals surface area contributed by atoms with Crippen LogP contribution in [0.3, 0.4) is 0 Å². The Morgan fingerprint density at radius 3 is 2.74 bits per heavy atom. The van der Waals surface area contributed by atoms with E-state index in [0.717, 1.165) is 12.3 Å². The van der Waals surface area contributed by atoms with Crippen LogP contribution in [0.25, 0.3) is 0 Å². The largest absolute Gasteiger partial charge is 0.465 e. The maximum Gasteiger partial charge on any atom is 0.337 e. The number of carbonyl (C=O) groups is 2. The molecule has 0 spiro atoms. The van der Waals surface area contributed by atoms with Gasteiger partial charge in [-0.1, -0.05) is 18.2 Å². The Hall–Kier alpha value is -2.42. The standard InChI is InChI=1S/C18H21N5O3S/c1-26-17(25)12-4-6-14(7-5-12)19-16(24)10-27-18-20-21-22-23(18)15-9-11-2-3-13(15)8-11/h4-7,11,13,15H,2-3,8-10H2,1H3,(H,19,24)/t11-,13-,15+/m1/s1. The van der Waals surface area contributed by atoms with Crippen molar-refractivity contribution >= 4 is 29.3 Å². The third-order valence-corrected chi connectivity index (χ3v) is 6.33. The smallest absolute Gasteiger partial charge is 0.337 e. The number of benzene rings is 1. The van der Waals surface area contributed by atoms with Gasteiger partial charge in [-0.3, -0.25) is 4.79 Å². The summed E-state index contributed by atoms with van der Waals surface area (Å²) >= 11 is 1.35. The number of esters is 1. The van der Waals surface area contributed by atoms with Crippen LogP contribution in [0.2, 0.25) is 0 Å². The molecule has 1 aromatic carbocycles. The maximum atomic E-state index is 12.2. The fraction of sp³-hybridized carbons (Fsp3) is 0.500. The number of tetrazole rings is 1. The molecule has 2 saturated carbocycles. The van der Waals surface area contributed by atoms with Crippen molar-refractivity contribution < 1.29 is 14.3 Å². The van der Waals surface area contributed by atoms with Crippen LogP contribution in [0.1, 0.15) is 42.1 Å². The second-order valence-corrected chi connectivity index (χ2v) is 8.00. The zero-order valence-electron chi connectivity index (χ0n) is 15.0. The van der Waals surface area contributed by atoms with Gasteiger partial charge in [0.15, 0.2) is 0 Å². The molecule has 9 heteroatoms. The van der Waals surface area contributed by atoms with Gasteiger partial charge in [-0.2, -0.15) is 0 Å². The SMILES string of the molecule is COC(=O)c1ccc(NC(=O)CSc2nnnn2[C@H]2C[C@@H]3CC[C@@H]2C3)cc1. The molecule has 1 amide bonds. The summed E-state index contributed by atoms with van der Waals surface area (Å²) in [6.45, 7) is 0. The topological polar surface area (TPSA) is 99.0 Å². The van der Waals surface area contributed by atoms with Gasteiger partial charge in [-0.15, -0.1) is 5.10 Å². The molecule has 2 bridgehead atoms. The van der Waals surface area contributed by atoms with Crippen molar-refractivity contribution in [2.24, 2.45) is 11.8 Å². The fourth-order valence-electron chi connectivity index (χ4n) is 4.13. The number of nitrogens with zero attached hydrogens (tertiary/aromatic N) is 4. The van der Waals surface area contributed by atoms with Gasteiger partial charge >= 0.3 is 5.97 Å². The molecule has 2 aliphatic rings. The van der Waals surface area contributed by atoms with Gasteiger partial charge in [-0.05, 0) is 65.8 Å². The second kappa shape index (κ2) is 7.67. The number of carbonyl (C=O) groups excluding carboxylic acids is 2. The van der Waals surface area contributed by atoms with Crippen molar-refractivity contribution in [3.8, 4) is 0 Å². The van der Waals surface area contributed by atoms with Crippen molar-refractivity contribution in [1.29, 1.82) is 0 Å². The third-order valence-electron chi connectivity index (χ3n) is 5.40. The van der Waals surface area contributed by atoms with Crippen LogP contribution in [-0.2, 0) is 9.53 Å². The van der Waals surface area contributed by atoms with Crippen molar-refractivity contribution in [3.05, 3.63) is 29.8 Å². The van der Waals surface area contributed by atoms with E-state index < -0.39 is 5.97 Å². The number of amides is 1. The molecule has 1 heterocycles. The van der Waals surface area contributed by atoms with Gasteiger partial charge < -0.3 is 10.1 Å². The Morgan fingerprint density at radius 1 is 1.26 bits per heavy atom. The molecule has 8 nitrogen and oxygen atoms in total. The Bertz CT molecular complexity index is 838. The summed E-state index contributed by atoms with van der Waals surface area (Å²) in [4.78, 5) is 23.7. The van der Waals surface area contributed by atoms with Gasteiger partial charge in [-0.25, -0.2) is 9.48 Å². The number of anilines is 1. The van der Waals surface area contributed by atoms with Crippen LogP contribution in [0.5, 0.6) is 0 Å². The molecule has 3 atom stereocenters. The quantitative estimate of drug-likeness (QED) is 0.601. The average molecular weight is 387 g/mol. The minimum absolute atomic E-state index is 0.145. The number of nitrogens with one attached hydrogen (secondary N) is 1. The van der Waals surface area contributed by atoms with E-state index in [-0.39, 0.29) is 11.7 Å². The summed E-state index contributed by atoms with van der Waals surface area (Å²) in [6, 6.07) is 6.95. The zero-order valence-corrected chi connectivity index (χ0v) is 15.8. The summed E-state index contributed by atoms with van der Waals surface area (Å²) in [6.07, 6.45) is 4.99. The Labute approximate surface area is 161 Å². The summed E-state index contributed by atoms with van der Waals surface area (Å²) in [5, 5.41) is 15.6. The molecule has 0 radical (unpaired) electrons. The number of thioether (sulfide) groups is 1. The van der Waals surface area contributed by atoms with Gasteiger partial charge in [0.05, 0.1) is 24.5 Å². The van der Waals surface area contributed by atoms with E-state index in [0.29, 0.717) is 28.4 Å². The van der Waals surface area contributed by atoms with Crippen LogP contribution in [-0.4, -0.2) is 44.9 Å². The second-order valence-electron chi connectivity index (χ2n) is 7.05. The van der Waals surface area contributed by atoms with E-state index in [2.05, 4.69) is 25.6 Å². The Balaban J connectivity index is 1.32. The summed E-state index contributed by atoms with van der Waals surface area (Å²) in [5.74, 6) is 1.14. The number of fused-ring (bicyclic) bond motifs is 2. The molecule has 4 rings (SSSR count). The normalized spacial score (nSPS) is 23.4. The Kier molecular flexibility index (Phi) is 5.11. The molecule has 27 heavy (non-hydrogen) atoms. The lowest BCUT2D eigenvalue weighted by Gasteiger charge is -2.22. The number of methoxy groups -OCH3 is 1. The van der Waals surface area contributed by atoms with Crippen molar-refractivity contribution in [2.45, 2.75) is 36.9 Å². The monoisotopic (exact) mass is 387 g/mol. The molecule has 1 N–H and O–H groups in total. The van der Waals surface area contributed by atoms with Crippen LogP contribution < -0.4 is 5.32 Å². The molecule has 0 saturated heterocycles. The highest BCUT2D eigenvalue weighted by molar-refractivity contribution is 7.99. The predicted octanol–water partition coefficient (Wildman–Crippen LogP) is 2.55. The summed E-state index contributed by atoms with van der Waals surface area (Å²) < 4.78 is 6.57. The molecular weight excluding hydrogens is 366 g/mol. The van der Waals surface area contributed by atoms with E-state index in [1.54, 1.807) is 24.3 Å². The number of hydrogen-bond acceptors (Lipinski definition) is 7. The highest BCUT2D eigenvalue weighted by Crippen LogP contribution is 2.50. The average Bonchev–Trinajstić information content (AvgIpc) is 3.42. The van der Waals surface area contributed by atoms with Gasteiger partial charge in [0.2, 0.25) is 11.1 Å². The lowest BCUT2D eigenvalue weighted by atomic mass is 9.96. The fourth-order valence-corrected chi connectivity index (χ4v) is 4.86. The molecule has 1 aromatic heterocycles. The zero-order chi connectivity index (χ0) is 18.8. The van der Waals surface area contributed by atoms with Gasteiger partial charge in [0, 0.05) is 5.69 Å². The third kappa shape index (κ3) is 3.83. The molecule has 0 unspecified atom stereocenters. The predicted molar refractivity (Wildman–Crippen MR) is 99.4 cm³/mol. The van der Waals surface area contributed by atoms with Crippen LogP contribution in [0.15, 0.2) is 29.4 Å². The van der Waals surface area contributed by atoms with Crippen LogP contribution in [0, 0.1) is 11.8 Å². The maximum absolute atomic E-state index is 12.2.